The fourth-order valence-electron chi connectivity index (χ4n) is 21.0. The summed E-state index contributed by atoms with van der Waals surface area (Å²) >= 11 is 0. The maximum absolute atomic E-state index is 6.06. The van der Waals surface area contributed by atoms with Gasteiger partial charge in [0.25, 0.3) is 0 Å². The van der Waals surface area contributed by atoms with Crippen LogP contribution >= 0.6 is 0 Å². The van der Waals surface area contributed by atoms with Crippen molar-refractivity contribution in [3.63, 3.8) is 0 Å². The summed E-state index contributed by atoms with van der Waals surface area (Å²) in [6, 6.07) is 123. The van der Waals surface area contributed by atoms with Gasteiger partial charge in [-0.25, -0.2) is 0 Å². The molecule has 102 heavy (non-hydrogen) atoms. The SMILES string of the molecule is c1ccc2c(c1)-c1ccccc1C21c2ccccc2-c2cc3c4ccccc4n(-c4nc(-n5c6ccccc6c6cc7c(cc65)C5(c6ccccc6-c6ccccc65)c5ccccc5-7)nc(-n5c6ccccc6c6cc7c(cc65)C5(c6ccccc6-c6ccccc65)c5ccccc5-7)n4)c3cc21. The van der Waals surface area contributed by atoms with E-state index in [0.29, 0.717) is 17.8 Å². The van der Waals surface area contributed by atoms with Crippen LogP contribution in [0.3, 0.4) is 0 Å². The van der Waals surface area contributed by atoms with E-state index >= 15 is 0 Å². The Morgan fingerprint density at radius 2 is 0.343 bits per heavy atom. The van der Waals surface area contributed by atoms with Gasteiger partial charge < -0.3 is 0 Å². The standard InChI is InChI=1S/C96H54N6/c1-13-37-73-55(25-1)56-26-2-14-38-74(56)94(73)79-43-19-7-31-61(79)67-49-70-64-34-10-22-46-85(64)100(88(70)52-82(67)94)91-97-92(101-86-47-23-11-35-65(86)71-50-68-62-32-8-20-44-80(62)95(83(68)53-89(71)101)75-39-15-3-27-57(75)58-28-4-16-40-76(58)95)99-93(98-91)102-87-48-24-12-36-66(87)72-51-69-63-33-9-21-45-81(63)96(84(69)54-90(72)102)77-41-17-5-29-59(77)60-30-6-18-42-78(60)96/h1-54H. The minimum atomic E-state index is -0.592. The Morgan fingerprint density at radius 1 is 0.157 bits per heavy atom. The first kappa shape index (κ1) is 53.7. The molecule has 6 aliphatic rings. The number of aromatic nitrogens is 6. The molecule has 19 aromatic rings. The zero-order valence-electron chi connectivity index (χ0n) is 54.9. The van der Waals surface area contributed by atoms with Crippen molar-refractivity contribution in [1.29, 1.82) is 0 Å². The molecule has 0 saturated heterocycles. The molecule has 15 aromatic carbocycles. The molecule has 4 heterocycles. The summed E-state index contributed by atoms with van der Waals surface area (Å²) in [4.78, 5) is 18.2. The topological polar surface area (TPSA) is 53.5 Å². The van der Waals surface area contributed by atoms with Crippen LogP contribution < -0.4 is 0 Å². The normalized spacial score (nSPS) is 14.7. The van der Waals surface area contributed by atoms with E-state index in [-0.39, 0.29) is 0 Å². The summed E-state index contributed by atoms with van der Waals surface area (Å²) < 4.78 is 7.07. The highest BCUT2D eigenvalue weighted by atomic mass is 15.3. The van der Waals surface area contributed by atoms with Crippen molar-refractivity contribution in [2.75, 3.05) is 0 Å². The number of hydrogen-bond donors (Lipinski definition) is 0. The molecule has 25 rings (SSSR count). The van der Waals surface area contributed by atoms with Gasteiger partial charge in [-0.15, -0.1) is 0 Å². The minimum Gasteiger partial charge on any atom is -0.278 e. The summed E-state index contributed by atoms with van der Waals surface area (Å²) in [6.45, 7) is 0. The maximum Gasteiger partial charge on any atom is 0.241 e. The molecule has 0 bridgehead atoms. The molecule has 6 nitrogen and oxygen atoms in total. The van der Waals surface area contributed by atoms with E-state index in [1.165, 1.54) is 134 Å². The largest absolute Gasteiger partial charge is 0.278 e. The molecule has 0 aliphatic heterocycles. The number of rotatable bonds is 3. The summed E-state index contributed by atoms with van der Waals surface area (Å²) in [7, 11) is 0. The molecular formula is C96H54N6. The van der Waals surface area contributed by atoms with Gasteiger partial charge in [0, 0.05) is 32.3 Å². The maximum atomic E-state index is 6.06. The summed E-state index contributed by atoms with van der Waals surface area (Å²) in [5, 5.41) is 6.74. The van der Waals surface area contributed by atoms with Crippen molar-refractivity contribution in [2.24, 2.45) is 0 Å². The third-order valence-corrected chi connectivity index (χ3v) is 24.6. The lowest BCUT2D eigenvalue weighted by molar-refractivity contribution is 0.792. The fourth-order valence-corrected chi connectivity index (χ4v) is 21.0. The Morgan fingerprint density at radius 3 is 0.569 bits per heavy atom. The van der Waals surface area contributed by atoms with Gasteiger partial charge in [-0.2, -0.15) is 15.0 Å². The number of benzene rings is 15. The van der Waals surface area contributed by atoms with Crippen molar-refractivity contribution >= 4 is 65.4 Å². The predicted molar refractivity (Wildman–Crippen MR) is 412 cm³/mol. The zero-order chi connectivity index (χ0) is 66.1. The molecule has 0 atom stereocenters. The smallest absolute Gasteiger partial charge is 0.241 e. The molecule has 0 fully saturated rings. The van der Waals surface area contributed by atoms with Crippen LogP contribution in [0, 0.1) is 0 Å². The van der Waals surface area contributed by atoms with Crippen LogP contribution in [0.5, 0.6) is 0 Å². The Balaban J connectivity index is 0.821. The summed E-state index contributed by atoms with van der Waals surface area (Å²) in [5.41, 5.74) is 34.8. The van der Waals surface area contributed by atoms with E-state index in [4.69, 9.17) is 15.0 Å². The Bertz CT molecular complexity index is 6290. The predicted octanol–water partition coefficient (Wildman–Crippen LogP) is 22.2. The van der Waals surface area contributed by atoms with E-state index in [1.807, 2.05) is 0 Å². The molecule has 4 aromatic heterocycles. The first-order valence-corrected chi connectivity index (χ1v) is 35.5. The lowest BCUT2D eigenvalue weighted by atomic mass is 9.70. The monoisotopic (exact) mass is 1290 g/mol. The van der Waals surface area contributed by atoms with Crippen LogP contribution in [0.2, 0.25) is 0 Å². The van der Waals surface area contributed by atoms with E-state index in [9.17, 15) is 0 Å². The van der Waals surface area contributed by atoms with Crippen molar-refractivity contribution in [3.05, 3.63) is 394 Å². The average molecular weight is 1290 g/mol. The molecule has 6 aliphatic carbocycles. The summed E-state index contributed by atoms with van der Waals surface area (Å²) in [5.74, 6) is 1.55. The number of para-hydroxylation sites is 3. The molecule has 0 amide bonds. The second-order valence-corrected chi connectivity index (χ2v) is 28.7. The highest BCUT2D eigenvalue weighted by Gasteiger charge is 2.55. The highest BCUT2D eigenvalue weighted by molar-refractivity contribution is 6.16. The van der Waals surface area contributed by atoms with E-state index in [1.54, 1.807) is 0 Å². The fraction of sp³-hybridized carbons (Fsp3) is 0.0312. The van der Waals surface area contributed by atoms with Crippen molar-refractivity contribution < 1.29 is 0 Å². The average Bonchev–Trinajstić information content (AvgIpc) is 1.52. The van der Waals surface area contributed by atoms with Gasteiger partial charge in [0.05, 0.1) is 49.3 Å². The third kappa shape index (κ3) is 6.12. The van der Waals surface area contributed by atoms with Crippen molar-refractivity contribution in [2.45, 2.75) is 16.2 Å². The van der Waals surface area contributed by atoms with Crippen LogP contribution in [-0.4, -0.2) is 28.7 Å². The second-order valence-electron chi connectivity index (χ2n) is 28.7. The van der Waals surface area contributed by atoms with Crippen LogP contribution in [0.4, 0.5) is 0 Å². The van der Waals surface area contributed by atoms with Gasteiger partial charge in [-0.1, -0.05) is 273 Å². The molecule has 3 spiro atoms. The quantitative estimate of drug-likeness (QED) is 0.177. The molecule has 468 valence electrons. The minimum absolute atomic E-state index is 0.516. The Labute approximate surface area is 585 Å². The third-order valence-electron chi connectivity index (χ3n) is 24.6. The second kappa shape index (κ2) is 18.7. The molecule has 0 unspecified atom stereocenters. The first-order chi connectivity index (χ1) is 50.6. The zero-order valence-corrected chi connectivity index (χ0v) is 54.9. The lowest BCUT2D eigenvalue weighted by Gasteiger charge is -2.30. The molecule has 0 saturated carbocycles. The number of fused-ring (bicyclic) bond motifs is 39. The molecule has 6 heteroatoms. The molecule has 0 radical (unpaired) electrons. The van der Waals surface area contributed by atoms with Crippen molar-refractivity contribution in [3.8, 4) is 84.6 Å². The van der Waals surface area contributed by atoms with Gasteiger partial charge in [0.1, 0.15) is 0 Å². The molecular weight excluding hydrogens is 1240 g/mol. The van der Waals surface area contributed by atoms with Gasteiger partial charge in [0.2, 0.25) is 17.8 Å². The van der Waals surface area contributed by atoms with Crippen LogP contribution in [0.15, 0.2) is 328 Å². The van der Waals surface area contributed by atoms with E-state index in [2.05, 4.69) is 341 Å². The molecule has 0 N–H and O–H groups in total. The Kier molecular flexibility index (Phi) is 9.86. The summed E-state index contributed by atoms with van der Waals surface area (Å²) in [6.07, 6.45) is 0. The Hall–Kier alpha value is -13.3. The van der Waals surface area contributed by atoms with Crippen LogP contribution in [0.25, 0.3) is 150 Å². The highest BCUT2D eigenvalue weighted by Crippen LogP contribution is 2.67. The lowest BCUT2D eigenvalue weighted by Crippen LogP contribution is -2.26. The van der Waals surface area contributed by atoms with Gasteiger partial charge in [-0.3, -0.25) is 13.7 Å². The van der Waals surface area contributed by atoms with Crippen LogP contribution in [0.1, 0.15) is 66.8 Å². The number of nitrogens with zero attached hydrogens (tertiary/aromatic N) is 6. The van der Waals surface area contributed by atoms with Gasteiger partial charge in [0.15, 0.2) is 0 Å². The van der Waals surface area contributed by atoms with Gasteiger partial charge in [-0.05, 0) is 188 Å². The van der Waals surface area contributed by atoms with Gasteiger partial charge >= 0.3 is 0 Å². The van der Waals surface area contributed by atoms with Crippen molar-refractivity contribution in [1.82, 2.24) is 28.7 Å². The first-order valence-electron chi connectivity index (χ1n) is 35.5. The van der Waals surface area contributed by atoms with E-state index < -0.39 is 16.2 Å². The van der Waals surface area contributed by atoms with E-state index in [0.717, 1.165) is 65.4 Å². The van der Waals surface area contributed by atoms with Crippen LogP contribution in [-0.2, 0) is 16.2 Å². The number of hydrogen-bond acceptors (Lipinski definition) is 3.